The number of carbonyl (C=O) groups excluding carboxylic acids is 2. The third-order valence-corrected chi connectivity index (χ3v) is 4.90. The molecule has 2 amide bonds. The highest BCUT2D eigenvalue weighted by Crippen LogP contribution is 2.40. The second-order valence-corrected chi connectivity index (χ2v) is 6.62. The zero-order valence-electron chi connectivity index (χ0n) is 12.2. The molecule has 1 aromatic heterocycles. The van der Waals surface area contributed by atoms with Crippen molar-refractivity contribution in [3.8, 4) is 0 Å². The number of para-hydroxylation sites is 1. The van der Waals surface area contributed by atoms with Crippen molar-refractivity contribution in [3.63, 3.8) is 0 Å². The Morgan fingerprint density at radius 2 is 2.17 bits per heavy atom. The standard InChI is InChI=1S/C16H14FN3O2S/c17-11-3-1-2-10-6-7-20(13(10)11)15(22)14(21)19-16-18-12(8-23-16)9-4-5-9/h1-3,8-9H,4-7H2,(H,18,19,21). The summed E-state index contributed by atoms with van der Waals surface area (Å²) in [6.07, 6.45) is 2.80. The molecular formula is C16H14FN3O2S. The van der Waals surface area contributed by atoms with Crippen LogP contribution >= 0.6 is 11.3 Å². The number of rotatable bonds is 2. The summed E-state index contributed by atoms with van der Waals surface area (Å²) in [4.78, 5) is 30.0. The van der Waals surface area contributed by atoms with E-state index in [0.29, 0.717) is 24.0 Å². The number of nitrogens with zero attached hydrogens (tertiary/aromatic N) is 2. The molecule has 2 aromatic rings. The first kappa shape index (κ1) is 14.3. The lowest BCUT2D eigenvalue weighted by atomic mass is 10.1. The summed E-state index contributed by atoms with van der Waals surface area (Å²) in [5.41, 5.74) is 1.93. The Balaban J connectivity index is 1.50. The van der Waals surface area contributed by atoms with Crippen LogP contribution in [0.4, 0.5) is 15.2 Å². The summed E-state index contributed by atoms with van der Waals surface area (Å²) in [7, 11) is 0. The molecular weight excluding hydrogens is 317 g/mol. The number of benzene rings is 1. The van der Waals surface area contributed by atoms with E-state index in [1.165, 1.54) is 22.3 Å². The lowest BCUT2D eigenvalue weighted by Gasteiger charge is -2.16. The zero-order valence-corrected chi connectivity index (χ0v) is 13.0. The van der Waals surface area contributed by atoms with Gasteiger partial charge in [-0.1, -0.05) is 12.1 Å². The van der Waals surface area contributed by atoms with Crippen molar-refractivity contribution in [1.29, 1.82) is 0 Å². The molecule has 1 aromatic carbocycles. The molecule has 1 saturated carbocycles. The molecule has 1 fully saturated rings. The van der Waals surface area contributed by atoms with E-state index in [9.17, 15) is 14.0 Å². The Labute approximate surface area is 136 Å². The van der Waals surface area contributed by atoms with Gasteiger partial charge in [-0.25, -0.2) is 9.37 Å². The lowest BCUT2D eigenvalue weighted by Crippen LogP contribution is -2.39. The third kappa shape index (κ3) is 2.61. The first-order chi connectivity index (χ1) is 11.1. The fourth-order valence-corrected chi connectivity index (χ4v) is 3.58. The number of aromatic nitrogens is 1. The zero-order chi connectivity index (χ0) is 16.0. The predicted molar refractivity (Wildman–Crippen MR) is 85.2 cm³/mol. The van der Waals surface area contributed by atoms with Gasteiger partial charge in [0.2, 0.25) is 0 Å². The molecule has 2 heterocycles. The van der Waals surface area contributed by atoms with Crippen molar-refractivity contribution in [2.45, 2.75) is 25.2 Å². The molecule has 4 rings (SSSR count). The van der Waals surface area contributed by atoms with Gasteiger partial charge < -0.3 is 4.90 Å². The van der Waals surface area contributed by atoms with Crippen LogP contribution in [-0.4, -0.2) is 23.3 Å². The van der Waals surface area contributed by atoms with Gasteiger partial charge in [0.25, 0.3) is 0 Å². The van der Waals surface area contributed by atoms with Crippen molar-refractivity contribution in [2.75, 3.05) is 16.8 Å². The van der Waals surface area contributed by atoms with Gasteiger partial charge in [0.1, 0.15) is 5.82 Å². The fraction of sp³-hybridized carbons (Fsp3) is 0.312. The lowest BCUT2D eigenvalue weighted by molar-refractivity contribution is -0.134. The normalized spacial score (nSPS) is 16.3. The smallest absolute Gasteiger partial charge is 0.301 e. The molecule has 0 atom stereocenters. The fourth-order valence-electron chi connectivity index (χ4n) is 2.79. The van der Waals surface area contributed by atoms with Gasteiger partial charge in [-0.15, -0.1) is 11.3 Å². The van der Waals surface area contributed by atoms with Crippen LogP contribution in [0.3, 0.4) is 0 Å². The van der Waals surface area contributed by atoms with E-state index in [0.717, 1.165) is 24.1 Å². The van der Waals surface area contributed by atoms with Crippen LogP contribution in [0, 0.1) is 5.82 Å². The molecule has 23 heavy (non-hydrogen) atoms. The Morgan fingerprint density at radius 3 is 2.96 bits per heavy atom. The first-order valence-corrected chi connectivity index (χ1v) is 8.37. The molecule has 0 bridgehead atoms. The summed E-state index contributed by atoms with van der Waals surface area (Å²) in [6.45, 7) is 0.313. The van der Waals surface area contributed by atoms with Crippen molar-refractivity contribution < 1.29 is 14.0 Å². The quantitative estimate of drug-likeness (QED) is 0.861. The second-order valence-electron chi connectivity index (χ2n) is 5.76. The van der Waals surface area contributed by atoms with Gasteiger partial charge in [-0.05, 0) is 30.9 Å². The number of amides is 2. The minimum atomic E-state index is -0.780. The SMILES string of the molecule is O=C(Nc1nc(C2CC2)cs1)C(=O)N1CCc2cccc(F)c21. The Kier molecular flexibility index (Phi) is 3.37. The summed E-state index contributed by atoms with van der Waals surface area (Å²) in [5.74, 6) is -1.52. The number of carbonyl (C=O) groups is 2. The molecule has 5 nitrogen and oxygen atoms in total. The van der Waals surface area contributed by atoms with E-state index in [4.69, 9.17) is 0 Å². The van der Waals surface area contributed by atoms with Crippen molar-refractivity contribution in [3.05, 3.63) is 40.7 Å². The van der Waals surface area contributed by atoms with E-state index in [1.807, 2.05) is 5.38 Å². The minimum Gasteiger partial charge on any atom is -0.301 e. The van der Waals surface area contributed by atoms with Crippen LogP contribution in [0.15, 0.2) is 23.6 Å². The van der Waals surface area contributed by atoms with Crippen molar-refractivity contribution in [1.82, 2.24) is 4.98 Å². The maximum Gasteiger partial charge on any atom is 0.316 e. The number of nitrogens with one attached hydrogen (secondary N) is 1. The molecule has 0 spiro atoms. The summed E-state index contributed by atoms with van der Waals surface area (Å²) in [5, 5.41) is 4.85. The van der Waals surface area contributed by atoms with Crippen molar-refractivity contribution >= 4 is 34.0 Å². The molecule has 1 aliphatic heterocycles. The highest BCUT2D eigenvalue weighted by atomic mass is 32.1. The molecule has 2 aliphatic rings. The molecule has 0 saturated heterocycles. The molecule has 1 N–H and O–H groups in total. The van der Waals surface area contributed by atoms with Gasteiger partial charge in [0.05, 0.1) is 11.4 Å². The second kappa shape index (κ2) is 5.42. The third-order valence-electron chi connectivity index (χ3n) is 4.12. The number of hydrogen-bond acceptors (Lipinski definition) is 4. The van der Waals surface area contributed by atoms with Crippen molar-refractivity contribution in [2.24, 2.45) is 0 Å². The van der Waals surface area contributed by atoms with Crippen LogP contribution in [0.25, 0.3) is 0 Å². The van der Waals surface area contributed by atoms with E-state index in [1.54, 1.807) is 12.1 Å². The van der Waals surface area contributed by atoms with Gasteiger partial charge >= 0.3 is 11.8 Å². The predicted octanol–water partition coefficient (Wildman–Crippen LogP) is 2.69. The van der Waals surface area contributed by atoms with Gasteiger partial charge in [0.15, 0.2) is 5.13 Å². The largest absolute Gasteiger partial charge is 0.316 e. The Hall–Kier alpha value is -2.28. The number of anilines is 2. The summed E-state index contributed by atoms with van der Waals surface area (Å²) < 4.78 is 14.0. The van der Waals surface area contributed by atoms with Gasteiger partial charge in [-0.2, -0.15) is 0 Å². The molecule has 0 radical (unpaired) electrons. The maximum atomic E-state index is 14.0. The maximum absolute atomic E-state index is 14.0. The number of thiazole rings is 1. The first-order valence-electron chi connectivity index (χ1n) is 7.49. The topological polar surface area (TPSA) is 62.3 Å². The van der Waals surface area contributed by atoms with E-state index < -0.39 is 17.6 Å². The van der Waals surface area contributed by atoms with Gasteiger partial charge in [0, 0.05) is 17.8 Å². The van der Waals surface area contributed by atoms with Gasteiger partial charge in [-0.3, -0.25) is 14.9 Å². The molecule has 7 heteroatoms. The van der Waals surface area contributed by atoms with Crippen LogP contribution in [0.2, 0.25) is 0 Å². The Bertz CT molecular complexity index is 800. The van der Waals surface area contributed by atoms with Crippen LogP contribution in [0.5, 0.6) is 0 Å². The van der Waals surface area contributed by atoms with E-state index >= 15 is 0 Å². The highest BCUT2D eigenvalue weighted by molar-refractivity contribution is 7.14. The number of fused-ring (bicyclic) bond motifs is 1. The molecule has 118 valence electrons. The van der Waals surface area contributed by atoms with Crippen LogP contribution in [0.1, 0.15) is 30.0 Å². The summed E-state index contributed by atoms with van der Waals surface area (Å²) in [6, 6.07) is 4.68. The molecule has 1 aliphatic carbocycles. The van der Waals surface area contributed by atoms with Crippen LogP contribution in [-0.2, 0) is 16.0 Å². The number of hydrogen-bond donors (Lipinski definition) is 1. The average molecular weight is 331 g/mol. The van der Waals surface area contributed by atoms with E-state index in [-0.39, 0.29) is 5.69 Å². The highest BCUT2D eigenvalue weighted by Gasteiger charge is 2.32. The molecule has 0 unspecified atom stereocenters. The minimum absolute atomic E-state index is 0.213. The van der Waals surface area contributed by atoms with Crippen LogP contribution < -0.4 is 10.2 Å². The van der Waals surface area contributed by atoms with E-state index in [2.05, 4.69) is 10.3 Å². The average Bonchev–Trinajstić information content (AvgIpc) is 3.12. The number of halogens is 1. The summed E-state index contributed by atoms with van der Waals surface area (Å²) >= 11 is 1.31. The Morgan fingerprint density at radius 1 is 1.35 bits per heavy atom. The monoisotopic (exact) mass is 331 g/mol.